The Morgan fingerprint density at radius 2 is 1.86 bits per heavy atom. The molecule has 1 N–H and O–H groups in total. The molecule has 3 aromatic rings. The van der Waals surface area contributed by atoms with Gasteiger partial charge in [0.15, 0.2) is 0 Å². The molecule has 5 rings (SSSR count). The molecule has 2 unspecified atom stereocenters. The molecular weight excluding hydrogens is 445 g/mol. The monoisotopic (exact) mass is 475 g/mol. The van der Waals surface area contributed by atoms with E-state index >= 15 is 0 Å². The number of likely N-dealkylation sites (tertiary alicyclic amines) is 1. The molecule has 1 fully saturated rings. The summed E-state index contributed by atoms with van der Waals surface area (Å²) in [5.74, 6) is 0.566. The Kier molecular flexibility index (Phi) is 7.06. The Labute approximate surface area is 205 Å². The molecule has 1 amide bonds. The lowest BCUT2D eigenvalue weighted by molar-refractivity contribution is -0.134. The topological polar surface area (TPSA) is 65.9 Å². The van der Waals surface area contributed by atoms with Crippen molar-refractivity contribution in [2.75, 3.05) is 26.2 Å². The first kappa shape index (κ1) is 23.5. The number of hydrogen-bond acceptors (Lipinski definition) is 5. The molecule has 0 radical (unpaired) electrons. The van der Waals surface area contributed by atoms with Crippen molar-refractivity contribution in [3.05, 3.63) is 95.6 Å². The van der Waals surface area contributed by atoms with E-state index in [1.807, 2.05) is 46.2 Å². The van der Waals surface area contributed by atoms with Gasteiger partial charge in [-0.1, -0.05) is 42.5 Å². The molecule has 3 heterocycles. The van der Waals surface area contributed by atoms with Crippen molar-refractivity contribution >= 4 is 5.91 Å². The number of nitrogens with zero attached hydrogens (tertiary/aromatic N) is 3. The Hall–Kier alpha value is -3.29. The van der Waals surface area contributed by atoms with Gasteiger partial charge in [-0.2, -0.15) is 0 Å². The van der Waals surface area contributed by atoms with E-state index in [1.54, 1.807) is 30.6 Å². The first-order valence-corrected chi connectivity index (χ1v) is 12.2. The van der Waals surface area contributed by atoms with E-state index in [2.05, 4.69) is 4.98 Å². The van der Waals surface area contributed by atoms with Crippen LogP contribution in [0.5, 0.6) is 5.75 Å². The fourth-order valence-corrected chi connectivity index (χ4v) is 5.08. The highest BCUT2D eigenvalue weighted by Crippen LogP contribution is 2.33. The second-order valence-electron chi connectivity index (χ2n) is 9.35. The number of ether oxygens (including phenoxy) is 1. The Morgan fingerprint density at radius 3 is 2.63 bits per heavy atom. The molecule has 0 spiro atoms. The van der Waals surface area contributed by atoms with Gasteiger partial charge < -0.3 is 14.7 Å². The summed E-state index contributed by atoms with van der Waals surface area (Å²) in [5.41, 5.74) is 2.30. The molecule has 6 nitrogen and oxygen atoms in total. The zero-order valence-electron chi connectivity index (χ0n) is 19.6. The second-order valence-corrected chi connectivity index (χ2v) is 9.35. The Morgan fingerprint density at radius 1 is 1.09 bits per heavy atom. The Balaban J connectivity index is 1.25. The van der Waals surface area contributed by atoms with Gasteiger partial charge in [0.2, 0.25) is 5.91 Å². The van der Waals surface area contributed by atoms with Crippen LogP contribution < -0.4 is 4.74 Å². The van der Waals surface area contributed by atoms with Crippen molar-refractivity contribution < 1.29 is 19.0 Å². The first-order valence-electron chi connectivity index (χ1n) is 12.2. The van der Waals surface area contributed by atoms with Crippen LogP contribution in [-0.2, 0) is 11.3 Å². The molecule has 0 bridgehead atoms. The molecule has 2 aromatic carbocycles. The maximum absolute atomic E-state index is 14.6. The van der Waals surface area contributed by atoms with Crippen LogP contribution in [0.15, 0.2) is 73.1 Å². The molecule has 0 saturated carbocycles. The zero-order valence-corrected chi connectivity index (χ0v) is 19.6. The highest BCUT2D eigenvalue weighted by Gasteiger charge is 2.31. The van der Waals surface area contributed by atoms with Gasteiger partial charge in [0.1, 0.15) is 17.7 Å². The number of benzene rings is 2. The van der Waals surface area contributed by atoms with E-state index in [0.717, 1.165) is 29.7 Å². The number of amides is 1. The highest BCUT2D eigenvalue weighted by molar-refractivity contribution is 5.78. The number of para-hydroxylation sites is 1. The molecule has 2 aliphatic heterocycles. The summed E-state index contributed by atoms with van der Waals surface area (Å²) in [6.45, 7) is 2.43. The van der Waals surface area contributed by atoms with Crippen molar-refractivity contribution in [1.29, 1.82) is 0 Å². The average Bonchev–Trinajstić information content (AvgIpc) is 3.08. The highest BCUT2D eigenvalue weighted by atomic mass is 19.1. The van der Waals surface area contributed by atoms with Gasteiger partial charge in [0.25, 0.3) is 0 Å². The van der Waals surface area contributed by atoms with Crippen molar-refractivity contribution in [3.63, 3.8) is 0 Å². The molecular formula is C28H30FN3O3. The smallest absolute Gasteiger partial charge is 0.236 e. The van der Waals surface area contributed by atoms with E-state index in [-0.39, 0.29) is 24.2 Å². The standard InChI is InChI=1S/C28H30FN3O3/c29-24-9-3-2-8-23(24)26-18-31(17-22-6-1-4-10-25(22)35-26)19-27(33)32-14-11-20(12-15-32)28(34)21-7-5-13-30-16-21/h1-10,13,16,20,26,28,34H,11-12,14-15,17-19H2. The van der Waals surface area contributed by atoms with Gasteiger partial charge in [-0.05, 0) is 42.5 Å². The summed E-state index contributed by atoms with van der Waals surface area (Å²) >= 11 is 0. The number of hydrogen-bond donors (Lipinski definition) is 1. The largest absolute Gasteiger partial charge is 0.484 e. The number of carbonyl (C=O) groups is 1. The number of halogens is 1. The van der Waals surface area contributed by atoms with Crippen LogP contribution in [0.25, 0.3) is 0 Å². The van der Waals surface area contributed by atoms with Crippen molar-refractivity contribution in [2.45, 2.75) is 31.6 Å². The minimum Gasteiger partial charge on any atom is -0.484 e. The number of pyridine rings is 1. The van der Waals surface area contributed by atoms with E-state index in [9.17, 15) is 14.3 Å². The van der Waals surface area contributed by atoms with Crippen LogP contribution in [0.4, 0.5) is 4.39 Å². The van der Waals surface area contributed by atoms with Crippen LogP contribution >= 0.6 is 0 Å². The SMILES string of the molecule is O=C(CN1Cc2ccccc2OC(c2ccccc2F)C1)N1CCC(C(O)c2cccnc2)CC1. The number of fused-ring (bicyclic) bond motifs is 1. The van der Waals surface area contributed by atoms with Crippen molar-refractivity contribution in [2.24, 2.45) is 5.92 Å². The summed E-state index contributed by atoms with van der Waals surface area (Å²) in [7, 11) is 0. The lowest BCUT2D eigenvalue weighted by Gasteiger charge is -2.35. The first-order chi connectivity index (χ1) is 17.1. The van der Waals surface area contributed by atoms with Gasteiger partial charge in [-0.15, -0.1) is 0 Å². The summed E-state index contributed by atoms with van der Waals surface area (Å²) < 4.78 is 20.8. The van der Waals surface area contributed by atoms with Gasteiger partial charge in [-0.3, -0.25) is 14.7 Å². The van der Waals surface area contributed by atoms with Gasteiger partial charge in [-0.25, -0.2) is 4.39 Å². The number of rotatable bonds is 5. The summed E-state index contributed by atoms with van der Waals surface area (Å²) in [4.78, 5) is 21.3. The predicted octanol–water partition coefficient (Wildman–Crippen LogP) is 4.13. The third-order valence-corrected chi connectivity index (χ3v) is 7.04. The van der Waals surface area contributed by atoms with Gasteiger partial charge in [0, 0.05) is 49.7 Å². The number of aliphatic hydroxyl groups is 1. The molecule has 35 heavy (non-hydrogen) atoms. The van der Waals surface area contributed by atoms with Crippen LogP contribution in [-0.4, -0.2) is 52.0 Å². The van der Waals surface area contributed by atoms with Gasteiger partial charge in [0.05, 0.1) is 12.6 Å². The second kappa shape index (κ2) is 10.5. The number of aliphatic hydroxyl groups excluding tert-OH is 1. The number of piperidine rings is 1. The van der Waals surface area contributed by atoms with E-state index < -0.39 is 12.2 Å². The van der Waals surface area contributed by atoms with E-state index in [4.69, 9.17) is 4.74 Å². The fraction of sp³-hybridized carbons (Fsp3) is 0.357. The molecule has 7 heteroatoms. The zero-order chi connectivity index (χ0) is 24.2. The van der Waals surface area contributed by atoms with Crippen LogP contribution in [0.1, 0.15) is 41.7 Å². The van der Waals surface area contributed by atoms with Crippen LogP contribution in [0, 0.1) is 11.7 Å². The van der Waals surface area contributed by atoms with Crippen molar-refractivity contribution in [3.8, 4) is 5.75 Å². The third kappa shape index (κ3) is 5.36. The maximum atomic E-state index is 14.6. The van der Waals surface area contributed by atoms with E-state index in [1.165, 1.54) is 6.07 Å². The summed E-state index contributed by atoms with van der Waals surface area (Å²) in [6, 6.07) is 18.1. The lowest BCUT2D eigenvalue weighted by Crippen LogP contribution is -2.45. The lowest BCUT2D eigenvalue weighted by atomic mass is 9.88. The summed E-state index contributed by atoms with van der Waals surface area (Å²) in [5, 5.41) is 10.7. The Bertz CT molecular complexity index is 1150. The maximum Gasteiger partial charge on any atom is 0.236 e. The van der Waals surface area contributed by atoms with Crippen LogP contribution in [0.3, 0.4) is 0 Å². The van der Waals surface area contributed by atoms with Crippen LogP contribution in [0.2, 0.25) is 0 Å². The molecule has 0 aliphatic carbocycles. The van der Waals surface area contributed by atoms with Crippen molar-refractivity contribution in [1.82, 2.24) is 14.8 Å². The quantitative estimate of drug-likeness (QED) is 0.601. The third-order valence-electron chi connectivity index (χ3n) is 7.04. The molecule has 1 saturated heterocycles. The number of carbonyl (C=O) groups excluding carboxylic acids is 1. The average molecular weight is 476 g/mol. The number of aromatic nitrogens is 1. The van der Waals surface area contributed by atoms with Gasteiger partial charge >= 0.3 is 0 Å². The molecule has 182 valence electrons. The fourth-order valence-electron chi connectivity index (χ4n) is 5.08. The predicted molar refractivity (Wildman–Crippen MR) is 130 cm³/mol. The minimum absolute atomic E-state index is 0.0472. The molecule has 2 aliphatic rings. The van der Waals surface area contributed by atoms with E-state index in [0.29, 0.717) is 31.7 Å². The molecule has 2 atom stereocenters. The molecule has 1 aromatic heterocycles. The minimum atomic E-state index is -0.568. The normalized spacial score (nSPS) is 19.9. The summed E-state index contributed by atoms with van der Waals surface area (Å²) in [6.07, 6.45) is 3.81.